The molecule has 7 heteroatoms. The van der Waals surface area contributed by atoms with Gasteiger partial charge in [0.05, 0.1) is 12.1 Å². The minimum atomic E-state index is -0.258. The van der Waals surface area contributed by atoms with E-state index < -0.39 is 0 Å². The maximum absolute atomic E-state index is 12.8. The van der Waals surface area contributed by atoms with Crippen molar-refractivity contribution in [3.63, 3.8) is 0 Å². The number of aromatic amines is 1. The van der Waals surface area contributed by atoms with Crippen molar-refractivity contribution >= 4 is 22.7 Å². The molecule has 1 aromatic carbocycles. The molecular formula is C20H26N4O3. The highest BCUT2D eigenvalue weighted by Gasteiger charge is 2.25. The molecule has 0 atom stereocenters. The summed E-state index contributed by atoms with van der Waals surface area (Å²) in [6.07, 6.45) is 1.52. The van der Waals surface area contributed by atoms with Gasteiger partial charge in [0.1, 0.15) is 5.56 Å². The number of benzene rings is 1. The molecule has 144 valence electrons. The maximum atomic E-state index is 12.8. The number of amides is 2. The van der Waals surface area contributed by atoms with Crippen LogP contribution in [0.15, 0.2) is 29.2 Å². The zero-order valence-electron chi connectivity index (χ0n) is 16.0. The van der Waals surface area contributed by atoms with E-state index in [1.54, 1.807) is 11.0 Å². The second kappa shape index (κ2) is 7.92. The van der Waals surface area contributed by atoms with Gasteiger partial charge < -0.3 is 15.2 Å². The first-order valence-electron chi connectivity index (χ1n) is 9.29. The number of aromatic nitrogens is 1. The molecular weight excluding hydrogens is 344 g/mol. The summed E-state index contributed by atoms with van der Waals surface area (Å²) < 4.78 is 0. The highest BCUT2D eigenvalue weighted by Crippen LogP contribution is 2.14. The third-order valence-corrected chi connectivity index (χ3v) is 4.83. The molecule has 0 radical (unpaired) electrons. The molecule has 0 spiro atoms. The minimum Gasteiger partial charge on any atom is -0.360 e. The molecule has 1 aliphatic rings. The first-order chi connectivity index (χ1) is 12.9. The molecule has 1 aromatic heterocycles. The van der Waals surface area contributed by atoms with Gasteiger partial charge in [-0.25, -0.2) is 0 Å². The topological polar surface area (TPSA) is 85.5 Å². The molecule has 27 heavy (non-hydrogen) atoms. The number of nitrogens with one attached hydrogen (secondary N) is 2. The lowest BCUT2D eigenvalue weighted by Gasteiger charge is -2.34. The summed E-state index contributed by atoms with van der Waals surface area (Å²) >= 11 is 0. The van der Waals surface area contributed by atoms with Crippen LogP contribution in [0.5, 0.6) is 0 Å². The van der Waals surface area contributed by atoms with E-state index in [1.807, 2.05) is 37.8 Å². The molecule has 2 aromatic rings. The predicted octanol–water partition coefficient (Wildman–Crippen LogP) is 1.12. The van der Waals surface area contributed by atoms with E-state index in [0.717, 1.165) is 11.1 Å². The Bertz CT molecular complexity index is 911. The number of aryl methyl sites for hydroxylation is 1. The quantitative estimate of drug-likeness (QED) is 0.845. The molecule has 0 aliphatic carbocycles. The molecule has 2 heterocycles. The molecule has 0 bridgehead atoms. The van der Waals surface area contributed by atoms with Crippen molar-refractivity contribution in [1.29, 1.82) is 0 Å². The van der Waals surface area contributed by atoms with Gasteiger partial charge in [-0.3, -0.25) is 19.3 Å². The number of H-pyrrole nitrogens is 1. The summed E-state index contributed by atoms with van der Waals surface area (Å²) in [6, 6.07) is 5.60. The fraction of sp³-hybridized carbons (Fsp3) is 0.450. The van der Waals surface area contributed by atoms with E-state index in [0.29, 0.717) is 38.1 Å². The zero-order chi connectivity index (χ0) is 19.6. The average Bonchev–Trinajstić information content (AvgIpc) is 2.62. The molecule has 0 saturated carbocycles. The van der Waals surface area contributed by atoms with Crippen molar-refractivity contribution in [2.24, 2.45) is 0 Å². The number of hydrogen-bond acceptors (Lipinski definition) is 4. The smallest absolute Gasteiger partial charge is 0.259 e. The molecule has 2 N–H and O–H groups in total. The predicted molar refractivity (Wildman–Crippen MR) is 105 cm³/mol. The normalized spacial score (nSPS) is 15.3. The maximum Gasteiger partial charge on any atom is 0.259 e. The minimum absolute atomic E-state index is 0.00822. The lowest BCUT2D eigenvalue weighted by Crippen LogP contribution is -2.52. The Morgan fingerprint density at radius 3 is 2.56 bits per heavy atom. The fourth-order valence-corrected chi connectivity index (χ4v) is 3.41. The van der Waals surface area contributed by atoms with Crippen molar-refractivity contribution in [3.8, 4) is 0 Å². The van der Waals surface area contributed by atoms with Gasteiger partial charge in [0.25, 0.3) is 5.91 Å². The number of pyridine rings is 1. The SMILES string of the molecule is Cc1cccc2c(=O)c(C(=O)N3CCN(CC(=O)NC(C)C)CC3)c[nH]c12. The Morgan fingerprint density at radius 1 is 1.19 bits per heavy atom. The van der Waals surface area contributed by atoms with Crippen molar-refractivity contribution in [2.45, 2.75) is 26.8 Å². The number of carbonyl (C=O) groups is 2. The molecule has 1 aliphatic heterocycles. The van der Waals surface area contributed by atoms with E-state index in [1.165, 1.54) is 6.20 Å². The van der Waals surface area contributed by atoms with Crippen molar-refractivity contribution < 1.29 is 9.59 Å². The highest BCUT2D eigenvalue weighted by atomic mass is 16.2. The summed E-state index contributed by atoms with van der Waals surface area (Å²) in [7, 11) is 0. The molecule has 1 fully saturated rings. The first-order valence-corrected chi connectivity index (χ1v) is 9.29. The number of piperazine rings is 1. The van der Waals surface area contributed by atoms with Gasteiger partial charge in [0.15, 0.2) is 0 Å². The van der Waals surface area contributed by atoms with E-state index in [4.69, 9.17) is 0 Å². The Kier molecular flexibility index (Phi) is 5.60. The van der Waals surface area contributed by atoms with Crippen LogP contribution in [0.1, 0.15) is 29.8 Å². The summed E-state index contributed by atoms with van der Waals surface area (Å²) in [5, 5.41) is 3.40. The van der Waals surface area contributed by atoms with Crippen LogP contribution in [-0.2, 0) is 4.79 Å². The second-order valence-corrected chi connectivity index (χ2v) is 7.32. The Hall–Kier alpha value is -2.67. The monoisotopic (exact) mass is 370 g/mol. The van der Waals surface area contributed by atoms with Crippen LogP contribution in [0.25, 0.3) is 10.9 Å². The van der Waals surface area contributed by atoms with E-state index >= 15 is 0 Å². The molecule has 3 rings (SSSR count). The Balaban J connectivity index is 1.68. The number of para-hydroxylation sites is 1. The van der Waals surface area contributed by atoms with Gasteiger partial charge in [0, 0.05) is 43.8 Å². The van der Waals surface area contributed by atoms with Gasteiger partial charge >= 0.3 is 0 Å². The van der Waals surface area contributed by atoms with Crippen LogP contribution in [0, 0.1) is 6.92 Å². The average molecular weight is 370 g/mol. The van der Waals surface area contributed by atoms with Crippen LogP contribution in [0.2, 0.25) is 0 Å². The third kappa shape index (κ3) is 4.19. The highest BCUT2D eigenvalue weighted by molar-refractivity contribution is 5.97. The lowest BCUT2D eigenvalue weighted by atomic mass is 10.1. The Morgan fingerprint density at radius 2 is 1.89 bits per heavy atom. The Labute approximate surface area is 158 Å². The number of hydrogen-bond donors (Lipinski definition) is 2. The standard InChI is InChI=1S/C20H26N4O3/c1-13(2)22-17(25)12-23-7-9-24(10-8-23)20(27)16-11-21-18-14(3)5-4-6-15(18)19(16)26/h4-6,11,13H,7-10,12H2,1-3H3,(H,21,26)(H,22,25). The lowest BCUT2D eigenvalue weighted by molar-refractivity contribution is -0.123. The largest absolute Gasteiger partial charge is 0.360 e. The van der Waals surface area contributed by atoms with Crippen LogP contribution in [-0.4, -0.2) is 65.4 Å². The van der Waals surface area contributed by atoms with Gasteiger partial charge in [-0.15, -0.1) is 0 Å². The molecule has 2 amide bonds. The second-order valence-electron chi connectivity index (χ2n) is 7.32. The number of carbonyl (C=O) groups excluding carboxylic acids is 2. The van der Waals surface area contributed by atoms with Crippen LogP contribution in [0.3, 0.4) is 0 Å². The number of fused-ring (bicyclic) bond motifs is 1. The van der Waals surface area contributed by atoms with Gasteiger partial charge in [-0.05, 0) is 32.4 Å². The third-order valence-electron chi connectivity index (χ3n) is 4.83. The molecule has 1 saturated heterocycles. The molecule has 7 nitrogen and oxygen atoms in total. The molecule has 0 unspecified atom stereocenters. The summed E-state index contributed by atoms with van der Waals surface area (Å²) in [5.74, 6) is -0.267. The van der Waals surface area contributed by atoms with E-state index in [2.05, 4.69) is 10.3 Å². The number of rotatable bonds is 4. The van der Waals surface area contributed by atoms with Gasteiger partial charge in [-0.1, -0.05) is 12.1 Å². The fourth-order valence-electron chi connectivity index (χ4n) is 3.41. The summed E-state index contributed by atoms with van der Waals surface area (Å²) in [4.78, 5) is 44.3. The summed E-state index contributed by atoms with van der Waals surface area (Å²) in [5.41, 5.74) is 1.66. The van der Waals surface area contributed by atoms with E-state index in [9.17, 15) is 14.4 Å². The van der Waals surface area contributed by atoms with E-state index in [-0.39, 0.29) is 28.8 Å². The van der Waals surface area contributed by atoms with Gasteiger partial charge in [0.2, 0.25) is 11.3 Å². The van der Waals surface area contributed by atoms with Crippen molar-refractivity contribution in [3.05, 3.63) is 45.7 Å². The number of nitrogens with zero attached hydrogens (tertiary/aromatic N) is 2. The van der Waals surface area contributed by atoms with Crippen molar-refractivity contribution in [2.75, 3.05) is 32.7 Å². The summed E-state index contributed by atoms with van der Waals surface area (Å²) in [6.45, 7) is 8.33. The van der Waals surface area contributed by atoms with Crippen molar-refractivity contribution in [1.82, 2.24) is 20.1 Å². The first kappa shape index (κ1) is 19.1. The van der Waals surface area contributed by atoms with Crippen LogP contribution in [0.4, 0.5) is 0 Å². The van der Waals surface area contributed by atoms with Crippen LogP contribution >= 0.6 is 0 Å². The zero-order valence-corrected chi connectivity index (χ0v) is 16.0. The van der Waals surface area contributed by atoms with Crippen LogP contribution < -0.4 is 10.7 Å². The van der Waals surface area contributed by atoms with Gasteiger partial charge in [-0.2, -0.15) is 0 Å².